The number of morpholine rings is 1. The maximum Gasteiger partial charge on any atom is 0.334 e. The first-order valence-corrected chi connectivity index (χ1v) is 7.26. The number of carbonyl (C=O) groups excluding carboxylic acids is 1. The average molecular weight is 353 g/mol. The number of carboxylic acid groups (broad SMARTS) is 1. The molecule has 1 aliphatic rings. The van der Waals surface area contributed by atoms with Gasteiger partial charge in [0, 0.05) is 21.9 Å². The normalized spacial score (nSPS) is 18.9. The van der Waals surface area contributed by atoms with Gasteiger partial charge in [0.1, 0.15) is 5.69 Å². The van der Waals surface area contributed by atoms with Crippen LogP contribution in [0.4, 0.5) is 0 Å². The second-order valence-corrected chi connectivity index (χ2v) is 5.78. The summed E-state index contributed by atoms with van der Waals surface area (Å²) in [5, 5.41) is 9.90. The molecule has 0 radical (unpaired) electrons. The van der Waals surface area contributed by atoms with E-state index < -0.39 is 12.1 Å². The molecule has 7 heteroatoms. The van der Waals surface area contributed by atoms with Gasteiger partial charge in [0.2, 0.25) is 0 Å². The molecule has 3 rings (SSSR count). The summed E-state index contributed by atoms with van der Waals surface area (Å²) >= 11 is 3.39. The molecule has 1 saturated heterocycles. The topological polar surface area (TPSA) is 82.6 Å². The Morgan fingerprint density at radius 2 is 2.19 bits per heavy atom. The number of H-pyrrole nitrogens is 1. The summed E-state index contributed by atoms with van der Waals surface area (Å²) in [5.41, 5.74) is 1.32. The van der Waals surface area contributed by atoms with Crippen LogP contribution in [0, 0.1) is 0 Å². The fourth-order valence-corrected chi connectivity index (χ4v) is 2.75. The van der Waals surface area contributed by atoms with Crippen LogP contribution in [0.25, 0.3) is 10.9 Å². The number of rotatable bonds is 2. The molecule has 0 spiro atoms. The monoisotopic (exact) mass is 352 g/mol. The molecule has 6 nitrogen and oxygen atoms in total. The van der Waals surface area contributed by atoms with E-state index in [4.69, 9.17) is 9.84 Å². The molecular formula is C14H13BrN2O4. The van der Waals surface area contributed by atoms with Crippen molar-refractivity contribution in [3.63, 3.8) is 0 Å². The van der Waals surface area contributed by atoms with Crippen molar-refractivity contribution in [2.45, 2.75) is 6.10 Å². The van der Waals surface area contributed by atoms with E-state index in [0.717, 1.165) is 15.4 Å². The van der Waals surface area contributed by atoms with E-state index in [0.29, 0.717) is 12.2 Å². The number of ether oxygens (including phenoxy) is 1. The van der Waals surface area contributed by atoms with E-state index in [9.17, 15) is 9.59 Å². The second-order valence-electron chi connectivity index (χ2n) is 4.86. The number of nitrogens with one attached hydrogen (secondary N) is 1. The van der Waals surface area contributed by atoms with Crippen molar-refractivity contribution >= 4 is 38.7 Å². The minimum Gasteiger partial charge on any atom is -0.479 e. The third-order valence-corrected chi connectivity index (χ3v) is 3.94. The summed E-state index contributed by atoms with van der Waals surface area (Å²) in [4.78, 5) is 28.0. The third kappa shape index (κ3) is 2.79. The minimum atomic E-state index is -1.05. The summed E-state index contributed by atoms with van der Waals surface area (Å²) in [6, 6.07) is 7.47. The zero-order valence-corrected chi connectivity index (χ0v) is 12.6. The molecule has 1 aliphatic heterocycles. The number of aromatic nitrogens is 1. The molecule has 2 aromatic rings. The van der Waals surface area contributed by atoms with Gasteiger partial charge in [-0.3, -0.25) is 4.79 Å². The molecule has 1 aromatic carbocycles. The van der Waals surface area contributed by atoms with Crippen molar-refractivity contribution in [3.05, 3.63) is 34.4 Å². The molecule has 2 heterocycles. The maximum atomic E-state index is 12.5. The molecule has 1 unspecified atom stereocenters. The lowest BCUT2D eigenvalue weighted by molar-refractivity contribution is -0.154. The summed E-state index contributed by atoms with van der Waals surface area (Å²) in [6.45, 7) is 0.684. The number of aliphatic carboxylic acids is 1. The number of carboxylic acids is 1. The Hall–Kier alpha value is -1.86. The van der Waals surface area contributed by atoms with Gasteiger partial charge in [0.05, 0.1) is 13.2 Å². The van der Waals surface area contributed by atoms with Crippen molar-refractivity contribution in [1.29, 1.82) is 0 Å². The Morgan fingerprint density at radius 3 is 2.95 bits per heavy atom. The molecule has 21 heavy (non-hydrogen) atoms. The fraction of sp³-hybridized carbons (Fsp3) is 0.286. The van der Waals surface area contributed by atoms with Gasteiger partial charge in [0.15, 0.2) is 6.10 Å². The Bertz CT molecular complexity index is 712. The quantitative estimate of drug-likeness (QED) is 0.863. The van der Waals surface area contributed by atoms with E-state index in [1.54, 1.807) is 6.07 Å². The van der Waals surface area contributed by atoms with E-state index in [2.05, 4.69) is 20.9 Å². The first-order valence-electron chi connectivity index (χ1n) is 6.46. The van der Waals surface area contributed by atoms with Crippen molar-refractivity contribution in [2.24, 2.45) is 0 Å². The van der Waals surface area contributed by atoms with E-state index in [-0.39, 0.29) is 19.1 Å². The van der Waals surface area contributed by atoms with Crippen LogP contribution in [-0.4, -0.2) is 52.7 Å². The highest BCUT2D eigenvalue weighted by Crippen LogP contribution is 2.21. The Morgan fingerprint density at radius 1 is 1.38 bits per heavy atom. The number of fused-ring (bicyclic) bond motifs is 1. The number of halogens is 1. The number of aromatic amines is 1. The van der Waals surface area contributed by atoms with Gasteiger partial charge in [0.25, 0.3) is 5.91 Å². The third-order valence-electron chi connectivity index (χ3n) is 3.44. The van der Waals surface area contributed by atoms with E-state index in [1.807, 2.05) is 18.2 Å². The number of hydrogen-bond donors (Lipinski definition) is 2. The molecule has 0 aliphatic carbocycles. The minimum absolute atomic E-state index is 0.0627. The smallest absolute Gasteiger partial charge is 0.334 e. The van der Waals surface area contributed by atoms with Crippen LogP contribution in [0.2, 0.25) is 0 Å². The summed E-state index contributed by atoms with van der Waals surface area (Å²) in [7, 11) is 0. The summed E-state index contributed by atoms with van der Waals surface area (Å²) < 4.78 is 6.06. The van der Waals surface area contributed by atoms with Crippen molar-refractivity contribution in [3.8, 4) is 0 Å². The van der Waals surface area contributed by atoms with Gasteiger partial charge in [-0.05, 0) is 24.3 Å². The molecule has 1 fully saturated rings. The highest BCUT2D eigenvalue weighted by atomic mass is 79.9. The summed E-state index contributed by atoms with van der Waals surface area (Å²) in [5.74, 6) is -1.26. The summed E-state index contributed by atoms with van der Waals surface area (Å²) in [6.07, 6.45) is -0.957. The van der Waals surface area contributed by atoms with Crippen LogP contribution in [0.1, 0.15) is 10.5 Å². The highest BCUT2D eigenvalue weighted by Gasteiger charge is 2.30. The van der Waals surface area contributed by atoms with Gasteiger partial charge >= 0.3 is 5.97 Å². The lowest BCUT2D eigenvalue weighted by Crippen LogP contribution is -2.48. The van der Waals surface area contributed by atoms with Gasteiger partial charge in [-0.1, -0.05) is 15.9 Å². The van der Waals surface area contributed by atoms with Gasteiger partial charge in [-0.2, -0.15) is 0 Å². The van der Waals surface area contributed by atoms with Crippen LogP contribution in [-0.2, 0) is 9.53 Å². The molecule has 2 N–H and O–H groups in total. The molecular weight excluding hydrogens is 340 g/mol. The number of carbonyl (C=O) groups is 2. The van der Waals surface area contributed by atoms with Crippen molar-refractivity contribution in [1.82, 2.24) is 9.88 Å². The van der Waals surface area contributed by atoms with Gasteiger partial charge < -0.3 is 19.7 Å². The Balaban J connectivity index is 1.84. The molecule has 1 amide bonds. The number of nitrogens with zero attached hydrogens (tertiary/aromatic N) is 1. The zero-order chi connectivity index (χ0) is 15.0. The lowest BCUT2D eigenvalue weighted by atomic mass is 10.2. The van der Waals surface area contributed by atoms with E-state index in [1.165, 1.54) is 4.90 Å². The van der Waals surface area contributed by atoms with Crippen molar-refractivity contribution < 1.29 is 19.4 Å². The Kier molecular flexibility index (Phi) is 3.69. The van der Waals surface area contributed by atoms with Gasteiger partial charge in [-0.25, -0.2) is 4.79 Å². The fourth-order valence-electron chi connectivity index (χ4n) is 2.37. The molecule has 1 aromatic heterocycles. The highest BCUT2D eigenvalue weighted by molar-refractivity contribution is 9.10. The molecule has 0 bridgehead atoms. The van der Waals surface area contributed by atoms with Crippen LogP contribution in [0.5, 0.6) is 0 Å². The van der Waals surface area contributed by atoms with E-state index >= 15 is 0 Å². The van der Waals surface area contributed by atoms with Crippen molar-refractivity contribution in [2.75, 3.05) is 19.7 Å². The largest absolute Gasteiger partial charge is 0.479 e. The molecule has 0 saturated carbocycles. The lowest BCUT2D eigenvalue weighted by Gasteiger charge is -2.30. The Labute approximate surface area is 128 Å². The number of benzene rings is 1. The SMILES string of the molecule is O=C(O)C1CN(C(=O)c2cc3cc(Br)ccc3[nH]2)CCO1. The molecule has 1 atom stereocenters. The number of amides is 1. The zero-order valence-electron chi connectivity index (χ0n) is 11.0. The van der Waals surface area contributed by atoms with Crippen LogP contribution < -0.4 is 0 Å². The average Bonchev–Trinajstić information content (AvgIpc) is 2.89. The first-order chi connectivity index (χ1) is 10.0. The van der Waals surface area contributed by atoms with Crippen LogP contribution in [0.15, 0.2) is 28.7 Å². The molecule has 110 valence electrons. The van der Waals surface area contributed by atoms with Crippen LogP contribution >= 0.6 is 15.9 Å². The van der Waals surface area contributed by atoms with Gasteiger partial charge in [-0.15, -0.1) is 0 Å². The second kappa shape index (κ2) is 5.50. The van der Waals surface area contributed by atoms with Crippen LogP contribution in [0.3, 0.4) is 0 Å². The standard InChI is InChI=1S/C14H13BrN2O4/c15-9-1-2-10-8(5-9)6-11(16-10)13(18)17-3-4-21-12(7-17)14(19)20/h1-2,5-6,12,16H,3-4,7H2,(H,19,20). The predicted octanol–water partition coefficient (Wildman–Crippen LogP) is 1.86. The number of hydrogen-bond acceptors (Lipinski definition) is 3. The predicted molar refractivity (Wildman–Crippen MR) is 79.3 cm³/mol. The first kappa shape index (κ1) is 14.1. The maximum absolute atomic E-state index is 12.5.